The van der Waals surface area contributed by atoms with Crippen LogP contribution in [0.4, 0.5) is 4.39 Å². The maximum absolute atomic E-state index is 12.9. The molecule has 27 heavy (non-hydrogen) atoms. The fraction of sp³-hybridized carbons (Fsp3) is 0.421. The highest BCUT2D eigenvalue weighted by molar-refractivity contribution is 14.0. The van der Waals surface area contributed by atoms with Crippen molar-refractivity contribution < 1.29 is 14.2 Å². The maximum Gasteiger partial charge on any atom is 0.191 e. The first kappa shape index (κ1) is 23.6. The maximum atomic E-state index is 12.9. The molecule has 0 spiro atoms. The summed E-state index contributed by atoms with van der Waals surface area (Å²) >= 11 is 1.74. The predicted molar refractivity (Wildman–Crippen MR) is 120 cm³/mol. The Bertz CT molecular complexity index is 668. The Balaban J connectivity index is 0.00000364. The summed E-state index contributed by atoms with van der Waals surface area (Å²) in [5.74, 6) is 1.24. The van der Waals surface area contributed by atoms with Crippen molar-refractivity contribution in [3.8, 4) is 5.75 Å². The SMILES string of the molecule is CCNC(=NCC(O)COc1ccc(F)cc1)NCC(C)c1cccs1.I. The van der Waals surface area contributed by atoms with Crippen LogP contribution in [-0.4, -0.2) is 43.4 Å². The van der Waals surface area contributed by atoms with Gasteiger partial charge in [-0.3, -0.25) is 4.99 Å². The third-order valence-corrected chi connectivity index (χ3v) is 4.77. The van der Waals surface area contributed by atoms with Crippen LogP contribution in [0, 0.1) is 5.82 Å². The highest BCUT2D eigenvalue weighted by atomic mass is 127. The summed E-state index contributed by atoms with van der Waals surface area (Å²) in [6.45, 7) is 5.96. The molecular formula is C19H27FIN3O2S. The van der Waals surface area contributed by atoms with E-state index in [1.165, 1.54) is 29.1 Å². The van der Waals surface area contributed by atoms with Gasteiger partial charge in [-0.05, 0) is 42.6 Å². The molecule has 0 saturated heterocycles. The molecule has 0 bridgehead atoms. The molecule has 1 aromatic carbocycles. The van der Waals surface area contributed by atoms with Gasteiger partial charge in [0.15, 0.2) is 5.96 Å². The number of ether oxygens (including phenoxy) is 1. The van der Waals surface area contributed by atoms with Gasteiger partial charge in [0.2, 0.25) is 0 Å². The van der Waals surface area contributed by atoms with E-state index >= 15 is 0 Å². The van der Waals surface area contributed by atoms with Crippen molar-refractivity contribution in [1.82, 2.24) is 10.6 Å². The van der Waals surface area contributed by atoms with Crippen LogP contribution in [0.1, 0.15) is 24.6 Å². The molecule has 0 radical (unpaired) electrons. The summed E-state index contributed by atoms with van der Waals surface area (Å²) in [4.78, 5) is 5.72. The molecule has 0 saturated carbocycles. The molecule has 1 heterocycles. The average Bonchev–Trinajstić information content (AvgIpc) is 3.18. The second-order valence-corrected chi connectivity index (χ2v) is 6.92. The van der Waals surface area contributed by atoms with Crippen LogP contribution < -0.4 is 15.4 Å². The summed E-state index contributed by atoms with van der Waals surface area (Å²) < 4.78 is 18.3. The molecule has 0 amide bonds. The third-order valence-electron chi connectivity index (χ3n) is 3.66. The minimum absolute atomic E-state index is 0. The third kappa shape index (κ3) is 8.89. The summed E-state index contributed by atoms with van der Waals surface area (Å²) in [6.07, 6.45) is -0.745. The first-order chi connectivity index (χ1) is 12.6. The first-order valence-electron chi connectivity index (χ1n) is 8.70. The van der Waals surface area contributed by atoms with Gasteiger partial charge in [0.05, 0.1) is 6.54 Å². The van der Waals surface area contributed by atoms with E-state index in [0.717, 1.165) is 13.1 Å². The van der Waals surface area contributed by atoms with E-state index in [1.807, 2.05) is 13.0 Å². The molecule has 0 aliphatic heterocycles. The van der Waals surface area contributed by atoms with E-state index < -0.39 is 6.10 Å². The zero-order chi connectivity index (χ0) is 18.8. The van der Waals surface area contributed by atoms with Crippen molar-refractivity contribution in [3.63, 3.8) is 0 Å². The van der Waals surface area contributed by atoms with Gasteiger partial charge in [0.25, 0.3) is 0 Å². The highest BCUT2D eigenvalue weighted by Crippen LogP contribution is 2.19. The lowest BCUT2D eigenvalue weighted by Crippen LogP contribution is -2.39. The molecule has 150 valence electrons. The molecule has 8 heteroatoms. The lowest BCUT2D eigenvalue weighted by atomic mass is 10.1. The molecule has 2 aromatic rings. The van der Waals surface area contributed by atoms with Crippen LogP contribution in [0.25, 0.3) is 0 Å². The van der Waals surface area contributed by atoms with E-state index in [0.29, 0.717) is 17.6 Å². The molecule has 3 N–H and O–H groups in total. The van der Waals surface area contributed by atoms with Gasteiger partial charge < -0.3 is 20.5 Å². The van der Waals surface area contributed by atoms with Crippen LogP contribution in [0.3, 0.4) is 0 Å². The second kappa shape index (κ2) is 12.9. The van der Waals surface area contributed by atoms with E-state index in [9.17, 15) is 9.50 Å². The van der Waals surface area contributed by atoms with Crippen LogP contribution in [0.2, 0.25) is 0 Å². The lowest BCUT2D eigenvalue weighted by Gasteiger charge is -2.16. The van der Waals surface area contributed by atoms with Gasteiger partial charge in [-0.15, -0.1) is 35.3 Å². The molecule has 5 nitrogen and oxygen atoms in total. The molecule has 0 aliphatic carbocycles. The Morgan fingerprint density at radius 1 is 1.26 bits per heavy atom. The fourth-order valence-corrected chi connectivity index (χ4v) is 3.02. The van der Waals surface area contributed by atoms with Crippen LogP contribution in [0.15, 0.2) is 46.8 Å². The van der Waals surface area contributed by atoms with Crippen molar-refractivity contribution in [2.45, 2.75) is 25.9 Å². The average molecular weight is 507 g/mol. The van der Waals surface area contributed by atoms with Gasteiger partial charge in [-0.2, -0.15) is 0 Å². The number of nitrogens with one attached hydrogen (secondary N) is 2. The largest absolute Gasteiger partial charge is 0.491 e. The zero-order valence-corrected chi connectivity index (χ0v) is 18.7. The second-order valence-electron chi connectivity index (χ2n) is 5.94. The number of aliphatic hydroxyl groups is 1. The number of halogens is 2. The van der Waals surface area contributed by atoms with E-state index in [-0.39, 0.29) is 42.9 Å². The number of hydrogen-bond donors (Lipinski definition) is 3. The van der Waals surface area contributed by atoms with Crippen molar-refractivity contribution in [1.29, 1.82) is 0 Å². The topological polar surface area (TPSA) is 65.9 Å². The number of aliphatic imine (C=N–C) groups is 1. The quantitative estimate of drug-likeness (QED) is 0.276. The normalized spacial score (nSPS) is 13.4. The highest BCUT2D eigenvalue weighted by Gasteiger charge is 2.09. The van der Waals surface area contributed by atoms with Crippen molar-refractivity contribution >= 4 is 41.3 Å². The Hall–Kier alpha value is -1.39. The minimum atomic E-state index is -0.745. The molecule has 1 aromatic heterocycles. The number of benzene rings is 1. The molecule has 2 rings (SSSR count). The van der Waals surface area contributed by atoms with E-state index in [4.69, 9.17) is 4.74 Å². The number of thiophene rings is 1. The van der Waals surface area contributed by atoms with Gasteiger partial charge in [-0.1, -0.05) is 13.0 Å². The van der Waals surface area contributed by atoms with Gasteiger partial charge in [0, 0.05) is 23.9 Å². The van der Waals surface area contributed by atoms with Crippen LogP contribution in [0.5, 0.6) is 5.75 Å². The van der Waals surface area contributed by atoms with Crippen LogP contribution in [-0.2, 0) is 0 Å². The van der Waals surface area contributed by atoms with Crippen molar-refractivity contribution in [3.05, 3.63) is 52.5 Å². The number of hydrogen-bond acceptors (Lipinski definition) is 4. The van der Waals surface area contributed by atoms with E-state index in [2.05, 4.69) is 34.0 Å². The number of nitrogens with zero attached hydrogens (tertiary/aromatic N) is 1. The number of rotatable bonds is 9. The van der Waals surface area contributed by atoms with Crippen LogP contribution >= 0.6 is 35.3 Å². The first-order valence-corrected chi connectivity index (χ1v) is 9.58. The molecule has 0 aliphatic rings. The van der Waals surface area contributed by atoms with Gasteiger partial charge >= 0.3 is 0 Å². The standard InChI is InChI=1S/C19H26FN3O2S.HI/c1-3-21-19(22-11-14(2)18-5-4-10-26-18)23-12-16(24)13-25-17-8-6-15(20)7-9-17;/h4-10,14,16,24H,3,11-13H2,1-2H3,(H2,21,22,23);1H. The van der Waals surface area contributed by atoms with E-state index in [1.54, 1.807) is 11.3 Å². The molecular weight excluding hydrogens is 480 g/mol. The zero-order valence-electron chi connectivity index (χ0n) is 15.5. The Kier molecular flexibility index (Phi) is 11.3. The Labute approximate surface area is 181 Å². The van der Waals surface area contributed by atoms with Crippen molar-refractivity contribution in [2.75, 3.05) is 26.2 Å². The Morgan fingerprint density at radius 2 is 2.00 bits per heavy atom. The number of guanidine groups is 1. The Morgan fingerprint density at radius 3 is 2.63 bits per heavy atom. The smallest absolute Gasteiger partial charge is 0.191 e. The fourth-order valence-electron chi connectivity index (χ4n) is 2.24. The molecule has 2 unspecified atom stereocenters. The summed E-state index contributed by atoms with van der Waals surface area (Å²) in [7, 11) is 0. The minimum Gasteiger partial charge on any atom is -0.491 e. The van der Waals surface area contributed by atoms with Crippen molar-refractivity contribution in [2.24, 2.45) is 4.99 Å². The molecule has 2 atom stereocenters. The summed E-state index contributed by atoms with van der Waals surface area (Å²) in [5, 5.41) is 18.6. The lowest BCUT2D eigenvalue weighted by molar-refractivity contribution is 0.114. The number of aliphatic hydroxyl groups excluding tert-OH is 1. The monoisotopic (exact) mass is 507 g/mol. The summed E-state index contributed by atoms with van der Waals surface area (Å²) in [6, 6.07) is 9.88. The summed E-state index contributed by atoms with van der Waals surface area (Å²) in [5.41, 5.74) is 0. The van der Waals surface area contributed by atoms with Gasteiger partial charge in [-0.25, -0.2) is 4.39 Å². The predicted octanol–water partition coefficient (Wildman–Crippen LogP) is 3.60. The molecule has 0 fully saturated rings. The van der Waals surface area contributed by atoms with Gasteiger partial charge in [0.1, 0.15) is 24.3 Å².